The Kier molecular flexibility index (Phi) is 7.23. The number of hydrogen-bond donors (Lipinski definition) is 3. The Morgan fingerprint density at radius 1 is 0.816 bits per heavy atom. The zero-order valence-electron chi connectivity index (χ0n) is 20.9. The number of hydrogen-bond acceptors (Lipinski definition) is 9. The third kappa shape index (κ3) is 5.60. The molecule has 1 unspecified atom stereocenters. The van der Waals surface area contributed by atoms with Crippen LogP contribution in [0.1, 0.15) is 44.0 Å². The van der Waals surface area contributed by atoms with Crippen LogP contribution in [0, 0.1) is 0 Å². The Morgan fingerprint density at radius 2 is 1.45 bits per heavy atom. The number of nitrogens with zero attached hydrogens (tertiary/aromatic N) is 3. The predicted octanol–water partition coefficient (Wildman–Crippen LogP) is 4.32. The summed E-state index contributed by atoms with van der Waals surface area (Å²) in [5.41, 5.74) is 9.75. The minimum absolute atomic E-state index is 0.273. The molecule has 0 radical (unpaired) electrons. The van der Waals surface area contributed by atoms with Gasteiger partial charge in [-0.15, -0.1) is 0 Å². The van der Waals surface area contributed by atoms with Crippen LogP contribution in [0.4, 0.5) is 0 Å². The lowest BCUT2D eigenvalue weighted by Gasteiger charge is -2.08. The van der Waals surface area contributed by atoms with Crippen LogP contribution in [0.3, 0.4) is 0 Å². The second-order valence-corrected chi connectivity index (χ2v) is 8.49. The molecule has 0 bridgehead atoms. The number of nitrogens with one attached hydrogen (secondary N) is 3. The highest BCUT2D eigenvalue weighted by Crippen LogP contribution is 2.25. The molecule has 192 valence electrons. The maximum absolute atomic E-state index is 11.5. The number of carbonyl (C=O) groups is 2. The summed E-state index contributed by atoms with van der Waals surface area (Å²) >= 11 is 0. The second-order valence-electron chi connectivity index (χ2n) is 8.49. The van der Waals surface area contributed by atoms with Gasteiger partial charge in [0.25, 0.3) is 0 Å². The van der Waals surface area contributed by atoms with Crippen molar-refractivity contribution in [3.63, 3.8) is 0 Å². The Morgan fingerprint density at radius 3 is 2.11 bits per heavy atom. The van der Waals surface area contributed by atoms with Gasteiger partial charge in [-0.2, -0.15) is 5.10 Å². The molecule has 5 rings (SSSR count). The number of benzene rings is 3. The molecule has 0 saturated heterocycles. The molecule has 3 N–H and O–H groups in total. The van der Waals surface area contributed by atoms with Gasteiger partial charge in [-0.1, -0.05) is 44.2 Å². The summed E-state index contributed by atoms with van der Waals surface area (Å²) in [5.74, 6) is 2.27. The lowest BCUT2D eigenvalue weighted by Crippen LogP contribution is -2.31. The molecule has 0 aliphatic carbocycles. The lowest BCUT2D eigenvalue weighted by molar-refractivity contribution is -0.134. The van der Waals surface area contributed by atoms with Crippen molar-refractivity contribution in [2.75, 3.05) is 0 Å². The summed E-state index contributed by atoms with van der Waals surface area (Å²) in [6.07, 6.45) is 0.345. The summed E-state index contributed by atoms with van der Waals surface area (Å²) in [4.78, 5) is 32.4. The molecular formula is C28H26N6O4. The molecule has 0 saturated carbocycles. The maximum Gasteiger partial charge on any atom is 0.310 e. The first kappa shape index (κ1) is 24.8. The van der Waals surface area contributed by atoms with Crippen LogP contribution < -0.4 is 20.3 Å². The van der Waals surface area contributed by atoms with Crippen LogP contribution in [0.25, 0.3) is 22.8 Å². The standard InChI is InChI=1S/C28H26N6O4/c1-3-23(35)37-21-12-8-17(9-13-21)25-29-27(33-31-25)19-6-5-7-20(16-19)28-30-26(32-34-28)18-10-14-22(15-11-18)38-24(36)4-2/h5-16,25,31H,3-4H2,1-2H3,(H,29,33)(H,30,32,34). The zero-order chi connectivity index (χ0) is 26.5. The smallest absolute Gasteiger partial charge is 0.310 e. The van der Waals surface area contributed by atoms with E-state index in [0.29, 0.717) is 41.8 Å². The van der Waals surface area contributed by atoms with E-state index in [4.69, 9.17) is 14.5 Å². The van der Waals surface area contributed by atoms with E-state index in [1.807, 2.05) is 48.5 Å². The molecular weight excluding hydrogens is 484 g/mol. The Balaban J connectivity index is 1.29. The van der Waals surface area contributed by atoms with Crippen molar-refractivity contribution in [2.24, 2.45) is 4.99 Å². The molecule has 10 nitrogen and oxygen atoms in total. The quantitative estimate of drug-likeness (QED) is 0.236. The third-order valence-electron chi connectivity index (χ3n) is 5.83. The van der Waals surface area contributed by atoms with Crippen molar-refractivity contribution in [3.05, 3.63) is 83.9 Å². The molecule has 2 heterocycles. The van der Waals surface area contributed by atoms with E-state index in [-0.39, 0.29) is 18.1 Å². The van der Waals surface area contributed by atoms with Crippen LogP contribution in [-0.4, -0.2) is 33.0 Å². The number of H-pyrrole nitrogens is 1. The number of esters is 2. The van der Waals surface area contributed by atoms with Crippen molar-refractivity contribution in [1.82, 2.24) is 26.0 Å². The topological polar surface area (TPSA) is 131 Å². The van der Waals surface area contributed by atoms with Crippen molar-refractivity contribution in [1.29, 1.82) is 0 Å². The van der Waals surface area contributed by atoms with Crippen LogP contribution in [0.5, 0.6) is 11.5 Å². The largest absolute Gasteiger partial charge is 0.427 e. The van der Waals surface area contributed by atoms with E-state index < -0.39 is 0 Å². The predicted molar refractivity (Wildman–Crippen MR) is 141 cm³/mol. The highest BCUT2D eigenvalue weighted by Gasteiger charge is 2.20. The molecule has 1 aliphatic rings. The first-order chi connectivity index (χ1) is 18.5. The van der Waals surface area contributed by atoms with Gasteiger partial charge in [0, 0.05) is 29.5 Å². The minimum Gasteiger partial charge on any atom is -0.427 e. The van der Waals surface area contributed by atoms with Crippen molar-refractivity contribution >= 4 is 17.8 Å². The van der Waals surface area contributed by atoms with E-state index in [0.717, 1.165) is 22.3 Å². The van der Waals surface area contributed by atoms with E-state index in [1.165, 1.54) is 0 Å². The molecule has 10 heteroatoms. The van der Waals surface area contributed by atoms with E-state index >= 15 is 0 Å². The second kappa shape index (κ2) is 11.1. The van der Waals surface area contributed by atoms with Gasteiger partial charge < -0.3 is 14.9 Å². The molecule has 0 spiro atoms. The van der Waals surface area contributed by atoms with Gasteiger partial charge in [-0.25, -0.2) is 15.4 Å². The lowest BCUT2D eigenvalue weighted by atomic mass is 10.1. The van der Waals surface area contributed by atoms with Gasteiger partial charge in [0.2, 0.25) is 0 Å². The van der Waals surface area contributed by atoms with Gasteiger partial charge in [0.05, 0.1) is 0 Å². The number of amidine groups is 1. The summed E-state index contributed by atoms with van der Waals surface area (Å²) in [5, 5.41) is 7.35. The van der Waals surface area contributed by atoms with Gasteiger partial charge in [0.1, 0.15) is 23.5 Å². The SMILES string of the molecule is CCC(=O)Oc1ccc(-c2nc(-c3cccc(C4=NC(c5ccc(OC(=O)CC)cc5)NN4)c3)n[nH]2)cc1. The molecule has 1 atom stereocenters. The number of rotatable bonds is 8. The van der Waals surface area contributed by atoms with Gasteiger partial charge in [-0.05, 0) is 48.0 Å². The van der Waals surface area contributed by atoms with E-state index in [2.05, 4.69) is 26.0 Å². The summed E-state index contributed by atoms with van der Waals surface area (Å²) < 4.78 is 10.5. The van der Waals surface area contributed by atoms with Crippen LogP contribution in [-0.2, 0) is 9.59 Å². The zero-order valence-corrected chi connectivity index (χ0v) is 20.9. The monoisotopic (exact) mass is 510 g/mol. The fourth-order valence-electron chi connectivity index (χ4n) is 3.77. The summed E-state index contributed by atoms with van der Waals surface area (Å²) in [6, 6.07) is 22.1. The highest BCUT2D eigenvalue weighted by molar-refractivity contribution is 6.00. The molecule has 0 fully saturated rings. The first-order valence-electron chi connectivity index (χ1n) is 12.3. The van der Waals surface area contributed by atoms with Crippen LogP contribution >= 0.6 is 0 Å². The van der Waals surface area contributed by atoms with Crippen molar-refractivity contribution < 1.29 is 19.1 Å². The molecule has 38 heavy (non-hydrogen) atoms. The highest BCUT2D eigenvalue weighted by atomic mass is 16.5. The van der Waals surface area contributed by atoms with Gasteiger partial charge in [0.15, 0.2) is 11.6 Å². The van der Waals surface area contributed by atoms with Gasteiger partial charge in [-0.3, -0.25) is 14.7 Å². The Bertz CT molecular complexity index is 1480. The third-order valence-corrected chi connectivity index (χ3v) is 5.83. The fourth-order valence-corrected chi connectivity index (χ4v) is 3.77. The summed E-state index contributed by atoms with van der Waals surface area (Å²) in [7, 11) is 0. The average Bonchev–Trinajstić information content (AvgIpc) is 3.65. The van der Waals surface area contributed by atoms with Crippen molar-refractivity contribution in [2.45, 2.75) is 32.9 Å². The average molecular weight is 511 g/mol. The number of ether oxygens (including phenoxy) is 2. The Labute approximate surface area is 219 Å². The van der Waals surface area contributed by atoms with E-state index in [1.54, 1.807) is 38.1 Å². The molecule has 4 aromatic rings. The first-order valence-corrected chi connectivity index (χ1v) is 12.3. The molecule has 0 amide bonds. The van der Waals surface area contributed by atoms with Crippen LogP contribution in [0.15, 0.2) is 77.8 Å². The molecule has 1 aliphatic heterocycles. The minimum atomic E-state index is -0.292. The number of aromatic nitrogens is 3. The normalized spacial score (nSPS) is 14.5. The van der Waals surface area contributed by atoms with E-state index in [9.17, 15) is 9.59 Å². The number of carbonyl (C=O) groups excluding carboxylic acids is 2. The number of aliphatic imine (C=N–C) groups is 1. The molecule has 1 aromatic heterocycles. The fraction of sp³-hybridized carbons (Fsp3) is 0.179. The number of aromatic amines is 1. The number of hydrazine groups is 1. The summed E-state index contributed by atoms with van der Waals surface area (Å²) in [6.45, 7) is 3.50. The molecule has 3 aromatic carbocycles. The Hall–Kier alpha value is -4.83. The van der Waals surface area contributed by atoms with Crippen molar-refractivity contribution in [3.8, 4) is 34.3 Å². The maximum atomic E-state index is 11.5. The van der Waals surface area contributed by atoms with Gasteiger partial charge >= 0.3 is 11.9 Å². The van der Waals surface area contributed by atoms with Crippen LogP contribution in [0.2, 0.25) is 0 Å².